The third-order valence-corrected chi connectivity index (χ3v) is 2.83. The molecular weight excluding hydrogens is 182 g/mol. The molecule has 1 aliphatic heterocycles. The van der Waals surface area contributed by atoms with Gasteiger partial charge >= 0.3 is 0 Å². The molecule has 0 aromatic rings. The molecule has 0 aliphatic carbocycles. The maximum Gasteiger partial charge on any atom is 0.0215 e. The van der Waals surface area contributed by atoms with E-state index in [1.807, 2.05) is 0 Å². The van der Waals surface area contributed by atoms with Gasteiger partial charge < -0.3 is 9.80 Å². The van der Waals surface area contributed by atoms with Crippen LogP contribution in [0, 0.1) is 0 Å². The first-order valence-electron chi connectivity index (χ1n) is 4.99. The summed E-state index contributed by atoms with van der Waals surface area (Å²) in [4.78, 5) is 4.77. The molecule has 4 heteroatoms. The summed E-state index contributed by atoms with van der Waals surface area (Å²) in [6, 6.07) is 0. The van der Waals surface area contributed by atoms with Crippen molar-refractivity contribution in [3.8, 4) is 0 Å². The van der Waals surface area contributed by atoms with E-state index in [0.29, 0.717) is 0 Å². The second-order valence-corrected chi connectivity index (χ2v) is 4.52. The van der Waals surface area contributed by atoms with Crippen molar-refractivity contribution in [2.24, 2.45) is 0 Å². The van der Waals surface area contributed by atoms with Crippen LogP contribution in [-0.4, -0.2) is 67.5 Å². The number of nitrogens with zero attached hydrogens (tertiary/aromatic N) is 3. The monoisotopic (exact) mass is 203 g/mol. The predicted octanol–water partition coefficient (Wildman–Crippen LogP) is 0.400. The fourth-order valence-corrected chi connectivity index (χ4v) is 1.75. The molecule has 1 rings (SSSR count). The van der Waals surface area contributed by atoms with Crippen LogP contribution in [0.25, 0.3) is 0 Å². The Morgan fingerprint density at radius 1 is 1.15 bits per heavy atom. The van der Waals surface area contributed by atoms with Gasteiger partial charge in [-0.2, -0.15) is 0 Å². The summed E-state index contributed by atoms with van der Waals surface area (Å²) in [5.74, 6) is 0. The Kier molecular flexibility index (Phi) is 5.09. The molecule has 0 unspecified atom stereocenters. The molecule has 78 valence electrons. The molecule has 0 bridgehead atoms. The van der Waals surface area contributed by atoms with Gasteiger partial charge in [0.15, 0.2) is 0 Å². The van der Waals surface area contributed by atoms with Crippen LogP contribution < -0.4 is 0 Å². The van der Waals surface area contributed by atoms with Crippen molar-refractivity contribution in [1.82, 2.24) is 14.1 Å². The smallest absolute Gasteiger partial charge is 0.0215 e. The number of thiol groups is 1. The average Bonchev–Trinajstić information content (AvgIpc) is 2.08. The van der Waals surface area contributed by atoms with Crippen LogP contribution in [-0.2, 0) is 0 Å². The van der Waals surface area contributed by atoms with Gasteiger partial charge in [-0.25, -0.2) is 0 Å². The van der Waals surface area contributed by atoms with Gasteiger partial charge in [0.25, 0.3) is 0 Å². The summed E-state index contributed by atoms with van der Waals surface area (Å²) in [6.45, 7) is 6.99. The SMILES string of the molecule is CN(C)CCCN1CCN(S)CC1. The lowest BCUT2D eigenvalue weighted by atomic mass is 10.3. The lowest BCUT2D eigenvalue weighted by Gasteiger charge is -2.31. The molecule has 1 heterocycles. The maximum absolute atomic E-state index is 4.32. The van der Waals surface area contributed by atoms with Gasteiger partial charge in [0.05, 0.1) is 0 Å². The van der Waals surface area contributed by atoms with Crippen LogP contribution in [0.1, 0.15) is 6.42 Å². The normalized spacial score (nSPS) is 21.2. The Labute approximate surface area is 87.2 Å². The molecule has 0 N–H and O–H groups in total. The zero-order chi connectivity index (χ0) is 9.68. The highest BCUT2D eigenvalue weighted by Crippen LogP contribution is 2.03. The summed E-state index contributed by atoms with van der Waals surface area (Å²) < 4.78 is 2.10. The van der Waals surface area contributed by atoms with E-state index in [4.69, 9.17) is 0 Å². The predicted molar refractivity (Wildman–Crippen MR) is 60.2 cm³/mol. The van der Waals surface area contributed by atoms with Crippen molar-refractivity contribution in [3.05, 3.63) is 0 Å². The molecule has 0 saturated carbocycles. The minimum atomic E-state index is 1.10. The largest absolute Gasteiger partial charge is 0.309 e. The molecule has 0 amide bonds. The van der Waals surface area contributed by atoms with Crippen molar-refractivity contribution in [3.63, 3.8) is 0 Å². The van der Waals surface area contributed by atoms with Crippen LogP contribution >= 0.6 is 12.8 Å². The fourth-order valence-electron chi connectivity index (χ4n) is 1.57. The summed E-state index contributed by atoms with van der Waals surface area (Å²) in [5.41, 5.74) is 0. The maximum atomic E-state index is 4.32. The van der Waals surface area contributed by atoms with Crippen LogP contribution in [0.4, 0.5) is 0 Å². The number of hydrogen-bond donors (Lipinski definition) is 1. The fraction of sp³-hybridized carbons (Fsp3) is 1.00. The number of hydrogen-bond acceptors (Lipinski definition) is 4. The minimum absolute atomic E-state index is 1.10. The van der Waals surface area contributed by atoms with Crippen molar-refractivity contribution in [2.45, 2.75) is 6.42 Å². The summed E-state index contributed by atoms with van der Waals surface area (Å²) in [6.07, 6.45) is 1.28. The van der Waals surface area contributed by atoms with E-state index in [1.54, 1.807) is 0 Å². The molecule has 1 saturated heterocycles. The molecule has 1 fully saturated rings. The van der Waals surface area contributed by atoms with Crippen molar-refractivity contribution < 1.29 is 0 Å². The van der Waals surface area contributed by atoms with Crippen LogP contribution in [0.3, 0.4) is 0 Å². The van der Waals surface area contributed by atoms with Gasteiger partial charge in [0.2, 0.25) is 0 Å². The van der Waals surface area contributed by atoms with E-state index >= 15 is 0 Å². The highest BCUT2D eigenvalue weighted by molar-refractivity contribution is 7.77. The molecular formula is C9H21N3S. The van der Waals surface area contributed by atoms with Gasteiger partial charge in [-0.1, -0.05) is 12.8 Å². The molecule has 0 aromatic carbocycles. The summed E-state index contributed by atoms with van der Waals surface area (Å²) in [5, 5.41) is 0. The van der Waals surface area contributed by atoms with Gasteiger partial charge in [-0.15, -0.1) is 0 Å². The van der Waals surface area contributed by atoms with E-state index in [9.17, 15) is 0 Å². The first-order chi connectivity index (χ1) is 6.18. The molecule has 3 nitrogen and oxygen atoms in total. The highest BCUT2D eigenvalue weighted by atomic mass is 32.1. The second-order valence-electron chi connectivity index (χ2n) is 3.95. The van der Waals surface area contributed by atoms with Gasteiger partial charge in [-0.05, 0) is 33.6 Å². The Balaban J connectivity index is 2.02. The molecule has 0 aromatic heterocycles. The quantitative estimate of drug-likeness (QED) is 0.663. The first kappa shape index (κ1) is 11.3. The summed E-state index contributed by atoms with van der Waals surface area (Å²) >= 11 is 4.32. The van der Waals surface area contributed by atoms with Gasteiger partial charge in [0.1, 0.15) is 0 Å². The van der Waals surface area contributed by atoms with Crippen LogP contribution in [0.5, 0.6) is 0 Å². The zero-order valence-electron chi connectivity index (χ0n) is 8.74. The third-order valence-electron chi connectivity index (χ3n) is 2.43. The van der Waals surface area contributed by atoms with Crippen LogP contribution in [0.15, 0.2) is 0 Å². The van der Waals surface area contributed by atoms with E-state index in [0.717, 1.165) is 13.1 Å². The Morgan fingerprint density at radius 3 is 2.31 bits per heavy atom. The lowest BCUT2D eigenvalue weighted by Crippen LogP contribution is -2.43. The van der Waals surface area contributed by atoms with E-state index in [2.05, 4.69) is 41.0 Å². The Hall–Kier alpha value is 0.230. The average molecular weight is 203 g/mol. The second kappa shape index (κ2) is 5.86. The topological polar surface area (TPSA) is 9.72 Å². The first-order valence-corrected chi connectivity index (χ1v) is 5.39. The molecule has 0 radical (unpaired) electrons. The van der Waals surface area contributed by atoms with E-state index in [1.165, 1.54) is 32.6 Å². The standard InChI is InChI=1S/C9H21N3S/c1-10(2)4-3-5-11-6-8-12(13)9-7-11/h13H,3-9H2,1-2H3. The third kappa shape index (κ3) is 4.86. The van der Waals surface area contributed by atoms with E-state index in [-0.39, 0.29) is 0 Å². The molecule has 1 aliphatic rings. The Morgan fingerprint density at radius 2 is 1.77 bits per heavy atom. The van der Waals surface area contributed by atoms with E-state index < -0.39 is 0 Å². The molecule has 0 atom stereocenters. The summed E-state index contributed by atoms with van der Waals surface area (Å²) in [7, 11) is 4.26. The van der Waals surface area contributed by atoms with Crippen molar-refractivity contribution >= 4 is 12.8 Å². The zero-order valence-corrected chi connectivity index (χ0v) is 9.63. The van der Waals surface area contributed by atoms with Gasteiger partial charge in [0, 0.05) is 26.2 Å². The number of rotatable bonds is 4. The van der Waals surface area contributed by atoms with Gasteiger partial charge in [-0.3, -0.25) is 4.31 Å². The van der Waals surface area contributed by atoms with Crippen molar-refractivity contribution in [2.75, 3.05) is 53.4 Å². The Bertz CT molecular complexity index is 133. The molecule has 13 heavy (non-hydrogen) atoms. The highest BCUT2D eigenvalue weighted by Gasteiger charge is 2.13. The molecule has 0 spiro atoms. The van der Waals surface area contributed by atoms with Crippen LogP contribution in [0.2, 0.25) is 0 Å². The van der Waals surface area contributed by atoms with Crippen molar-refractivity contribution in [1.29, 1.82) is 0 Å². The minimum Gasteiger partial charge on any atom is -0.309 e. The number of piperazine rings is 1. The lowest BCUT2D eigenvalue weighted by molar-refractivity contribution is 0.190.